The molecule has 6 heteroatoms. The summed E-state index contributed by atoms with van der Waals surface area (Å²) in [5.74, 6) is -0.0204. The van der Waals surface area contributed by atoms with Crippen LogP contribution in [0.5, 0.6) is 0 Å². The lowest BCUT2D eigenvalue weighted by Crippen LogP contribution is -2.13. The first-order valence-corrected chi connectivity index (χ1v) is 6.12. The van der Waals surface area contributed by atoms with Gasteiger partial charge in [0.25, 0.3) is 5.91 Å². The number of amides is 1. The molecular weight excluding hydrogens is 254 g/mol. The van der Waals surface area contributed by atoms with Crippen LogP contribution < -0.4 is 11.1 Å². The highest BCUT2D eigenvalue weighted by atomic mass is 16.1. The number of nitrogens with one attached hydrogen (secondary N) is 1. The first kappa shape index (κ1) is 12.2. The van der Waals surface area contributed by atoms with Crippen molar-refractivity contribution in [1.29, 1.82) is 0 Å². The molecular formula is C14H13N5O. The van der Waals surface area contributed by atoms with Gasteiger partial charge in [-0.25, -0.2) is 4.52 Å². The van der Waals surface area contributed by atoms with E-state index in [1.54, 1.807) is 28.8 Å². The van der Waals surface area contributed by atoms with Gasteiger partial charge in [-0.3, -0.25) is 10.1 Å². The summed E-state index contributed by atoms with van der Waals surface area (Å²) in [6.07, 6.45) is 1.85. The normalized spacial score (nSPS) is 10.7. The summed E-state index contributed by atoms with van der Waals surface area (Å²) in [6, 6.07) is 10.5. The SMILES string of the molecule is Cc1ccc2nc(NC(=O)c3cccc(N)c3)nn2c1. The number of benzene rings is 1. The summed E-state index contributed by atoms with van der Waals surface area (Å²) >= 11 is 0. The third kappa shape index (κ3) is 2.31. The number of fused-ring (bicyclic) bond motifs is 1. The largest absolute Gasteiger partial charge is 0.399 e. The van der Waals surface area contributed by atoms with E-state index in [0.29, 0.717) is 16.9 Å². The molecule has 6 nitrogen and oxygen atoms in total. The fourth-order valence-corrected chi connectivity index (χ4v) is 1.89. The Morgan fingerprint density at radius 1 is 1.30 bits per heavy atom. The van der Waals surface area contributed by atoms with Crippen molar-refractivity contribution in [1.82, 2.24) is 14.6 Å². The van der Waals surface area contributed by atoms with E-state index in [1.165, 1.54) is 0 Å². The number of pyridine rings is 1. The van der Waals surface area contributed by atoms with Crippen LogP contribution in [-0.4, -0.2) is 20.5 Å². The number of carbonyl (C=O) groups is 1. The standard InChI is InChI=1S/C14H13N5O/c1-9-5-6-12-16-14(18-19(12)8-9)17-13(20)10-3-2-4-11(15)7-10/h2-8H,15H2,1H3,(H,17,18,20). The van der Waals surface area contributed by atoms with Crippen LogP contribution in [0.25, 0.3) is 5.65 Å². The fourth-order valence-electron chi connectivity index (χ4n) is 1.89. The first-order valence-electron chi connectivity index (χ1n) is 6.12. The molecule has 3 N–H and O–H groups in total. The number of hydrogen-bond donors (Lipinski definition) is 2. The maximum atomic E-state index is 12.1. The van der Waals surface area contributed by atoms with Crippen molar-refractivity contribution in [3.63, 3.8) is 0 Å². The Hall–Kier alpha value is -2.89. The zero-order chi connectivity index (χ0) is 14.1. The molecule has 0 saturated heterocycles. The quantitative estimate of drug-likeness (QED) is 0.694. The van der Waals surface area contributed by atoms with Gasteiger partial charge in [0.1, 0.15) is 0 Å². The number of nitrogen functional groups attached to an aromatic ring is 1. The van der Waals surface area contributed by atoms with Crippen molar-refractivity contribution in [2.24, 2.45) is 0 Å². The van der Waals surface area contributed by atoms with Crippen LogP contribution in [-0.2, 0) is 0 Å². The Morgan fingerprint density at radius 2 is 2.15 bits per heavy atom. The van der Waals surface area contributed by atoms with Crippen molar-refractivity contribution < 1.29 is 4.79 Å². The Kier molecular flexibility index (Phi) is 2.83. The molecule has 0 bridgehead atoms. The summed E-state index contributed by atoms with van der Waals surface area (Å²) in [5, 5.41) is 6.86. The van der Waals surface area contributed by atoms with E-state index in [4.69, 9.17) is 5.73 Å². The topological polar surface area (TPSA) is 85.3 Å². The Morgan fingerprint density at radius 3 is 2.95 bits per heavy atom. The molecule has 0 spiro atoms. The Labute approximate surface area is 115 Å². The third-order valence-electron chi connectivity index (χ3n) is 2.85. The second-order valence-corrected chi connectivity index (χ2v) is 4.52. The monoisotopic (exact) mass is 267 g/mol. The molecule has 3 aromatic rings. The van der Waals surface area contributed by atoms with Gasteiger partial charge in [-0.05, 0) is 36.8 Å². The van der Waals surface area contributed by atoms with Crippen LogP contribution in [0, 0.1) is 6.92 Å². The van der Waals surface area contributed by atoms with Crippen molar-refractivity contribution >= 4 is 23.2 Å². The van der Waals surface area contributed by atoms with Gasteiger partial charge in [-0.1, -0.05) is 12.1 Å². The van der Waals surface area contributed by atoms with Gasteiger partial charge < -0.3 is 5.73 Å². The van der Waals surface area contributed by atoms with Gasteiger partial charge in [0.2, 0.25) is 5.95 Å². The van der Waals surface area contributed by atoms with Crippen LogP contribution >= 0.6 is 0 Å². The second kappa shape index (κ2) is 4.65. The molecule has 0 fully saturated rings. The highest BCUT2D eigenvalue weighted by Gasteiger charge is 2.10. The lowest BCUT2D eigenvalue weighted by molar-refractivity contribution is 0.102. The number of aryl methyl sites for hydroxylation is 1. The van der Waals surface area contributed by atoms with Gasteiger partial charge >= 0.3 is 0 Å². The minimum atomic E-state index is -0.287. The molecule has 2 heterocycles. The lowest BCUT2D eigenvalue weighted by Gasteiger charge is -2.01. The fraction of sp³-hybridized carbons (Fsp3) is 0.0714. The van der Waals surface area contributed by atoms with Gasteiger partial charge in [-0.15, -0.1) is 5.10 Å². The van der Waals surface area contributed by atoms with E-state index in [9.17, 15) is 4.79 Å². The summed E-state index contributed by atoms with van der Waals surface area (Å²) in [4.78, 5) is 16.3. The molecule has 0 radical (unpaired) electrons. The van der Waals surface area contributed by atoms with Gasteiger partial charge in [0, 0.05) is 17.4 Å². The first-order chi connectivity index (χ1) is 9.61. The molecule has 100 valence electrons. The zero-order valence-corrected chi connectivity index (χ0v) is 10.9. The highest BCUT2D eigenvalue weighted by molar-refractivity contribution is 6.03. The van der Waals surface area contributed by atoms with E-state index in [0.717, 1.165) is 5.56 Å². The summed E-state index contributed by atoms with van der Waals surface area (Å²) in [5.41, 5.74) is 8.41. The average molecular weight is 267 g/mol. The Bertz CT molecular complexity index is 793. The van der Waals surface area contributed by atoms with Crippen LogP contribution in [0.1, 0.15) is 15.9 Å². The van der Waals surface area contributed by atoms with Crippen molar-refractivity contribution in [2.45, 2.75) is 6.92 Å². The molecule has 2 aromatic heterocycles. The number of nitrogens with zero attached hydrogens (tertiary/aromatic N) is 3. The molecule has 0 aliphatic heterocycles. The molecule has 20 heavy (non-hydrogen) atoms. The highest BCUT2D eigenvalue weighted by Crippen LogP contribution is 2.10. The average Bonchev–Trinajstić information content (AvgIpc) is 2.80. The van der Waals surface area contributed by atoms with Crippen LogP contribution in [0.2, 0.25) is 0 Å². The number of anilines is 2. The van der Waals surface area contributed by atoms with Gasteiger partial charge in [0.15, 0.2) is 5.65 Å². The summed E-state index contributed by atoms with van der Waals surface area (Å²) < 4.78 is 1.63. The van der Waals surface area contributed by atoms with Crippen LogP contribution in [0.15, 0.2) is 42.6 Å². The summed E-state index contributed by atoms with van der Waals surface area (Å²) in [7, 11) is 0. The zero-order valence-electron chi connectivity index (χ0n) is 10.9. The molecule has 3 rings (SSSR count). The minimum absolute atomic E-state index is 0.267. The number of hydrogen-bond acceptors (Lipinski definition) is 4. The van der Waals surface area contributed by atoms with Crippen molar-refractivity contribution in [3.8, 4) is 0 Å². The number of aromatic nitrogens is 3. The minimum Gasteiger partial charge on any atom is -0.399 e. The van der Waals surface area contributed by atoms with Crippen molar-refractivity contribution in [2.75, 3.05) is 11.1 Å². The predicted octanol–water partition coefficient (Wildman–Crippen LogP) is 1.87. The van der Waals surface area contributed by atoms with Crippen molar-refractivity contribution in [3.05, 3.63) is 53.7 Å². The van der Waals surface area contributed by atoms with E-state index in [1.807, 2.05) is 25.3 Å². The number of nitrogens with two attached hydrogens (primary N) is 1. The number of carbonyl (C=O) groups excluding carboxylic acids is 1. The summed E-state index contributed by atoms with van der Waals surface area (Å²) in [6.45, 7) is 1.96. The maximum Gasteiger partial charge on any atom is 0.258 e. The van der Waals surface area contributed by atoms with E-state index in [-0.39, 0.29) is 11.9 Å². The maximum absolute atomic E-state index is 12.1. The molecule has 0 aliphatic rings. The van der Waals surface area contributed by atoms with E-state index >= 15 is 0 Å². The van der Waals surface area contributed by atoms with E-state index in [2.05, 4.69) is 15.4 Å². The lowest BCUT2D eigenvalue weighted by atomic mass is 10.2. The van der Waals surface area contributed by atoms with E-state index < -0.39 is 0 Å². The van der Waals surface area contributed by atoms with Crippen LogP contribution in [0.3, 0.4) is 0 Å². The van der Waals surface area contributed by atoms with Gasteiger partial charge in [-0.2, -0.15) is 4.98 Å². The Balaban J connectivity index is 1.87. The molecule has 1 aromatic carbocycles. The molecule has 0 atom stereocenters. The molecule has 0 aliphatic carbocycles. The smallest absolute Gasteiger partial charge is 0.258 e. The number of rotatable bonds is 2. The van der Waals surface area contributed by atoms with Crippen LogP contribution in [0.4, 0.5) is 11.6 Å². The van der Waals surface area contributed by atoms with Gasteiger partial charge in [0.05, 0.1) is 0 Å². The second-order valence-electron chi connectivity index (χ2n) is 4.52. The molecule has 0 saturated carbocycles. The molecule has 1 amide bonds. The molecule has 0 unspecified atom stereocenters. The predicted molar refractivity (Wildman–Crippen MR) is 76.5 cm³/mol. The third-order valence-corrected chi connectivity index (χ3v) is 2.85.